The van der Waals surface area contributed by atoms with Crippen molar-refractivity contribution >= 4 is 16.9 Å². The number of carbonyl (C=O) groups excluding carboxylic acids is 1. The third-order valence-corrected chi connectivity index (χ3v) is 5.87. The van der Waals surface area contributed by atoms with Gasteiger partial charge in [-0.15, -0.1) is 0 Å². The van der Waals surface area contributed by atoms with Gasteiger partial charge in [-0.25, -0.2) is 0 Å². The fourth-order valence-corrected chi connectivity index (χ4v) is 4.44. The summed E-state index contributed by atoms with van der Waals surface area (Å²) in [5, 5.41) is 1.33. The van der Waals surface area contributed by atoms with Crippen LogP contribution in [0.2, 0.25) is 0 Å². The maximum absolute atomic E-state index is 12.1. The molecule has 0 radical (unpaired) electrons. The smallest absolute Gasteiger partial charge is 0.306 e. The molecule has 3 aromatic rings. The Morgan fingerprint density at radius 1 is 1.31 bits per heavy atom. The molecule has 1 aliphatic heterocycles. The maximum Gasteiger partial charge on any atom is 0.306 e. The van der Waals surface area contributed by atoms with E-state index in [4.69, 9.17) is 4.74 Å². The van der Waals surface area contributed by atoms with Crippen LogP contribution in [0.5, 0.6) is 0 Å². The Balaban J connectivity index is 1.87. The van der Waals surface area contributed by atoms with E-state index in [1.807, 2.05) is 19.3 Å². The number of aryl methyl sites for hydroxylation is 1. The van der Waals surface area contributed by atoms with Gasteiger partial charge in [-0.2, -0.15) is 0 Å². The fraction of sp³-hybridized carbons (Fsp3) is 0.417. The highest BCUT2D eigenvalue weighted by Gasteiger charge is 2.25. The molecule has 3 heterocycles. The summed E-state index contributed by atoms with van der Waals surface area (Å²) in [6.45, 7) is 8.48. The molecule has 5 nitrogen and oxygen atoms in total. The second-order valence-corrected chi connectivity index (χ2v) is 8.11. The van der Waals surface area contributed by atoms with E-state index in [9.17, 15) is 4.79 Å². The first kappa shape index (κ1) is 19.6. The highest BCUT2D eigenvalue weighted by atomic mass is 16.5. The van der Waals surface area contributed by atoms with E-state index in [1.165, 1.54) is 27.7 Å². The number of hydrogen-bond donors (Lipinski definition) is 0. The van der Waals surface area contributed by atoms with Crippen LogP contribution in [0.1, 0.15) is 48.6 Å². The molecule has 0 aliphatic carbocycles. The third-order valence-electron chi connectivity index (χ3n) is 5.87. The normalized spacial score (nSPS) is 15.3. The summed E-state index contributed by atoms with van der Waals surface area (Å²) >= 11 is 0. The second kappa shape index (κ2) is 7.99. The minimum Gasteiger partial charge on any atom is -0.466 e. The molecule has 5 heteroatoms. The maximum atomic E-state index is 12.1. The molecule has 0 N–H and O–H groups in total. The Morgan fingerprint density at radius 3 is 2.93 bits per heavy atom. The molecule has 1 atom stereocenters. The summed E-state index contributed by atoms with van der Waals surface area (Å²) < 4.78 is 7.58. The predicted octanol–water partition coefficient (Wildman–Crippen LogP) is 4.38. The Bertz CT molecular complexity index is 1050. The number of fused-ring (bicyclic) bond motifs is 3. The van der Waals surface area contributed by atoms with Crippen molar-refractivity contribution in [3.63, 3.8) is 0 Å². The van der Waals surface area contributed by atoms with Crippen LogP contribution in [0.3, 0.4) is 0 Å². The number of esters is 1. The molecule has 0 amide bonds. The van der Waals surface area contributed by atoms with Crippen LogP contribution in [0.25, 0.3) is 16.6 Å². The van der Waals surface area contributed by atoms with Crippen molar-refractivity contribution in [2.45, 2.75) is 46.1 Å². The zero-order valence-electron chi connectivity index (χ0n) is 17.7. The topological polar surface area (TPSA) is 47.4 Å². The van der Waals surface area contributed by atoms with Gasteiger partial charge in [-0.3, -0.25) is 9.78 Å². The standard InChI is InChI=1S/C24H29N3O2/c1-5-29-24(28)13-17(3)19-14-25-10-8-22(19)27-21-7-6-16(2)12-18(21)20-15-26(4)11-9-23(20)27/h6-8,10,12,14,17H,5,9,11,13,15H2,1-4H3. The number of hydrogen-bond acceptors (Lipinski definition) is 4. The van der Waals surface area contributed by atoms with Crippen LogP contribution < -0.4 is 0 Å². The van der Waals surface area contributed by atoms with Crippen molar-refractivity contribution in [2.24, 2.45) is 0 Å². The van der Waals surface area contributed by atoms with Crippen LogP contribution in [0.15, 0.2) is 36.7 Å². The molecule has 0 bridgehead atoms. The summed E-state index contributed by atoms with van der Waals surface area (Å²) in [4.78, 5) is 18.8. The average molecular weight is 392 g/mol. The first-order valence-corrected chi connectivity index (χ1v) is 10.4. The minimum absolute atomic E-state index is 0.0302. The number of rotatable bonds is 5. The molecule has 4 rings (SSSR count). The predicted molar refractivity (Wildman–Crippen MR) is 116 cm³/mol. The molecule has 29 heavy (non-hydrogen) atoms. The van der Waals surface area contributed by atoms with E-state index in [0.29, 0.717) is 13.0 Å². The number of nitrogens with zero attached hydrogens (tertiary/aromatic N) is 3. The fourth-order valence-electron chi connectivity index (χ4n) is 4.44. The Labute approximate surface area is 172 Å². The van der Waals surface area contributed by atoms with Gasteiger partial charge >= 0.3 is 5.97 Å². The molecule has 152 valence electrons. The van der Waals surface area contributed by atoms with Crippen molar-refractivity contribution in [1.29, 1.82) is 0 Å². The molecule has 0 saturated heterocycles. The number of aromatic nitrogens is 2. The third kappa shape index (κ3) is 3.67. The van der Waals surface area contributed by atoms with Gasteiger partial charge in [0.2, 0.25) is 0 Å². The van der Waals surface area contributed by atoms with E-state index in [0.717, 1.165) is 30.8 Å². The molecule has 0 saturated carbocycles. The van der Waals surface area contributed by atoms with E-state index in [2.05, 4.69) is 59.6 Å². The van der Waals surface area contributed by atoms with Gasteiger partial charge in [0.05, 0.1) is 24.2 Å². The van der Waals surface area contributed by atoms with Crippen LogP contribution in [0.4, 0.5) is 0 Å². The average Bonchev–Trinajstić information content (AvgIpc) is 3.01. The van der Waals surface area contributed by atoms with Gasteiger partial charge in [0.25, 0.3) is 0 Å². The molecular weight excluding hydrogens is 362 g/mol. The van der Waals surface area contributed by atoms with Gasteiger partial charge in [0.15, 0.2) is 0 Å². The number of likely N-dealkylation sites (N-methyl/N-ethyl adjacent to an activating group) is 1. The van der Waals surface area contributed by atoms with Gasteiger partial charge in [0.1, 0.15) is 0 Å². The van der Waals surface area contributed by atoms with Gasteiger partial charge in [-0.05, 0) is 56.1 Å². The van der Waals surface area contributed by atoms with Crippen LogP contribution in [-0.4, -0.2) is 40.6 Å². The van der Waals surface area contributed by atoms with E-state index in [1.54, 1.807) is 0 Å². The molecule has 1 aromatic carbocycles. The van der Waals surface area contributed by atoms with Crippen molar-refractivity contribution in [3.05, 3.63) is 59.0 Å². The monoisotopic (exact) mass is 391 g/mol. The molecule has 0 spiro atoms. The number of benzene rings is 1. The summed E-state index contributed by atoms with van der Waals surface area (Å²) in [5.74, 6) is -0.131. The van der Waals surface area contributed by atoms with E-state index >= 15 is 0 Å². The zero-order valence-corrected chi connectivity index (χ0v) is 17.7. The van der Waals surface area contributed by atoms with E-state index in [-0.39, 0.29) is 11.9 Å². The zero-order chi connectivity index (χ0) is 20.5. The highest BCUT2D eigenvalue weighted by molar-refractivity contribution is 5.88. The molecule has 1 unspecified atom stereocenters. The first-order valence-electron chi connectivity index (χ1n) is 10.4. The Kier molecular flexibility index (Phi) is 5.41. The second-order valence-electron chi connectivity index (χ2n) is 8.11. The molecular formula is C24H29N3O2. The van der Waals surface area contributed by atoms with Crippen LogP contribution in [-0.2, 0) is 22.5 Å². The van der Waals surface area contributed by atoms with Crippen molar-refractivity contribution in [1.82, 2.24) is 14.5 Å². The molecule has 2 aromatic heterocycles. The van der Waals surface area contributed by atoms with Crippen molar-refractivity contribution < 1.29 is 9.53 Å². The lowest BCUT2D eigenvalue weighted by Gasteiger charge is -2.25. The quantitative estimate of drug-likeness (QED) is 0.606. The summed E-state index contributed by atoms with van der Waals surface area (Å²) in [7, 11) is 2.18. The number of ether oxygens (including phenoxy) is 1. The number of pyridine rings is 1. The number of carbonyl (C=O) groups is 1. The Morgan fingerprint density at radius 2 is 2.14 bits per heavy atom. The minimum atomic E-state index is -0.161. The van der Waals surface area contributed by atoms with Crippen LogP contribution >= 0.6 is 0 Å². The van der Waals surface area contributed by atoms with Gasteiger partial charge in [0, 0.05) is 43.0 Å². The summed E-state index contributed by atoms with van der Waals surface area (Å²) in [6.07, 6.45) is 5.11. The summed E-state index contributed by atoms with van der Waals surface area (Å²) in [6, 6.07) is 8.78. The largest absolute Gasteiger partial charge is 0.466 e. The lowest BCUT2D eigenvalue weighted by atomic mass is 9.97. The Hall–Kier alpha value is -2.66. The first-order chi connectivity index (χ1) is 14.0. The molecule has 1 aliphatic rings. The highest BCUT2D eigenvalue weighted by Crippen LogP contribution is 2.36. The van der Waals surface area contributed by atoms with Gasteiger partial charge < -0.3 is 14.2 Å². The van der Waals surface area contributed by atoms with Gasteiger partial charge in [-0.1, -0.05) is 18.6 Å². The van der Waals surface area contributed by atoms with E-state index < -0.39 is 0 Å². The lowest BCUT2D eigenvalue weighted by Crippen LogP contribution is -2.27. The summed E-state index contributed by atoms with van der Waals surface area (Å²) in [5.41, 5.74) is 7.50. The van der Waals surface area contributed by atoms with Crippen LogP contribution in [0, 0.1) is 6.92 Å². The van der Waals surface area contributed by atoms with Crippen molar-refractivity contribution in [2.75, 3.05) is 20.2 Å². The SMILES string of the molecule is CCOC(=O)CC(C)c1cnccc1-n1c2c(c3cc(C)ccc31)CN(C)CC2. The van der Waals surface area contributed by atoms with Crippen molar-refractivity contribution in [3.8, 4) is 5.69 Å². The molecule has 0 fully saturated rings. The lowest BCUT2D eigenvalue weighted by molar-refractivity contribution is -0.143.